The summed E-state index contributed by atoms with van der Waals surface area (Å²) in [7, 11) is 0. The molecule has 0 aliphatic rings. The summed E-state index contributed by atoms with van der Waals surface area (Å²) >= 11 is 1.84. The zero-order chi connectivity index (χ0) is 8.43. The second-order valence-corrected chi connectivity index (χ2v) is 3.24. The number of anilines is 1. The first-order valence-corrected chi connectivity index (χ1v) is 4.02. The molecule has 1 aromatic carbocycles. The van der Waals surface area contributed by atoms with Gasteiger partial charge >= 0.3 is 0 Å². The maximum atomic E-state index is 12.1. The maximum Gasteiger partial charge on any atom is 0.264 e. The Hall–Kier alpha value is -0.390. The van der Waals surface area contributed by atoms with Crippen molar-refractivity contribution in [2.75, 3.05) is 5.73 Å². The largest absolute Gasteiger partial charge is 0.399 e. The molecule has 11 heavy (non-hydrogen) atoms. The molecule has 0 radical (unpaired) electrons. The summed E-state index contributed by atoms with van der Waals surface area (Å²) in [6.45, 7) is 0. The SMILES string of the molecule is Nc1ccc(C(F)F)c(I)c1. The van der Waals surface area contributed by atoms with E-state index >= 15 is 0 Å². The molecule has 0 saturated heterocycles. The van der Waals surface area contributed by atoms with Gasteiger partial charge in [0.15, 0.2) is 0 Å². The number of rotatable bonds is 1. The van der Waals surface area contributed by atoms with Crippen molar-refractivity contribution in [3.05, 3.63) is 27.3 Å². The van der Waals surface area contributed by atoms with Gasteiger partial charge in [-0.2, -0.15) is 0 Å². The highest BCUT2D eigenvalue weighted by Gasteiger charge is 2.10. The molecule has 1 nitrogen and oxygen atoms in total. The van der Waals surface area contributed by atoms with Crippen LogP contribution in [0.5, 0.6) is 0 Å². The second-order valence-electron chi connectivity index (χ2n) is 2.08. The molecule has 0 heterocycles. The number of halogens is 3. The molecule has 0 unspecified atom stereocenters. The lowest BCUT2D eigenvalue weighted by molar-refractivity contribution is 0.150. The quantitative estimate of drug-likeness (QED) is 0.615. The number of benzene rings is 1. The van der Waals surface area contributed by atoms with Crippen LogP contribution in [-0.2, 0) is 0 Å². The molecule has 0 amide bonds. The Morgan fingerprint density at radius 1 is 1.36 bits per heavy atom. The molecular formula is C7H6F2IN. The first kappa shape index (κ1) is 8.70. The molecular weight excluding hydrogens is 263 g/mol. The number of nitrogen functional groups attached to an aromatic ring is 1. The van der Waals surface area contributed by atoms with Gasteiger partial charge in [0.25, 0.3) is 6.43 Å². The van der Waals surface area contributed by atoms with E-state index in [-0.39, 0.29) is 5.56 Å². The molecule has 2 N–H and O–H groups in total. The molecule has 0 spiro atoms. The number of hydrogen-bond donors (Lipinski definition) is 1. The van der Waals surface area contributed by atoms with Gasteiger partial charge in [-0.3, -0.25) is 0 Å². The Bertz CT molecular complexity index is 263. The second kappa shape index (κ2) is 3.34. The average molecular weight is 269 g/mol. The van der Waals surface area contributed by atoms with E-state index in [1.165, 1.54) is 18.2 Å². The van der Waals surface area contributed by atoms with Crippen molar-refractivity contribution in [3.63, 3.8) is 0 Å². The molecule has 1 rings (SSSR count). The smallest absolute Gasteiger partial charge is 0.264 e. The number of nitrogens with two attached hydrogens (primary N) is 1. The predicted octanol–water partition coefficient (Wildman–Crippen LogP) is 2.81. The van der Waals surface area contributed by atoms with E-state index < -0.39 is 6.43 Å². The van der Waals surface area contributed by atoms with Crippen molar-refractivity contribution < 1.29 is 8.78 Å². The van der Waals surface area contributed by atoms with Crippen molar-refractivity contribution >= 4 is 28.3 Å². The van der Waals surface area contributed by atoms with Gasteiger partial charge in [0.2, 0.25) is 0 Å². The summed E-state index contributed by atoms with van der Waals surface area (Å²) in [5.74, 6) is 0. The van der Waals surface area contributed by atoms with Crippen molar-refractivity contribution in [2.45, 2.75) is 6.43 Å². The van der Waals surface area contributed by atoms with E-state index in [1.54, 1.807) is 0 Å². The molecule has 0 aliphatic carbocycles. The van der Waals surface area contributed by atoms with Crippen LogP contribution in [-0.4, -0.2) is 0 Å². The van der Waals surface area contributed by atoms with Crippen LogP contribution in [0.25, 0.3) is 0 Å². The first-order chi connectivity index (χ1) is 5.11. The van der Waals surface area contributed by atoms with Gasteiger partial charge in [-0.05, 0) is 34.7 Å². The Balaban J connectivity index is 3.09. The molecule has 4 heteroatoms. The molecule has 0 fully saturated rings. The first-order valence-electron chi connectivity index (χ1n) is 2.94. The average Bonchev–Trinajstić information content (AvgIpc) is 1.85. The summed E-state index contributed by atoms with van der Waals surface area (Å²) in [4.78, 5) is 0. The molecule has 0 atom stereocenters. The van der Waals surface area contributed by atoms with Crippen LogP contribution >= 0.6 is 22.6 Å². The van der Waals surface area contributed by atoms with Crippen LogP contribution in [0.15, 0.2) is 18.2 Å². The van der Waals surface area contributed by atoms with Gasteiger partial charge in [0.1, 0.15) is 0 Å². The minimum Gasteiger partial charge on any atom is -0.399 e. The zero-order valence-corrected chi connectivity index (χ0v) is 7.68. The van der Waals surface area contributed by atoms with Crippen LogP contribution in [0, 0.1) is 3.57 Å². The van der Waals surface area contributed by atoms with Gasteiger partial charge in [-0.15, -0.1) is 0 Å². The lowest BCUT2D eigenvalue weighted by atomic mass is 10.2. The topological polar surface area (TPSA) is 26.0 Å². The summed E-state index contributed by atoms with van der Waals surface area (Å²) < 4.78 is 24.7. The van der Waals surface area contributed by atoms with Gasteiger partial charge < -0.3 is 5.73 Å². The maximum absolute atomic E-state index is 12.1. The summed E-state index contributed by atoms with van der Waals surface area (Å²) in [5.41, 5.74) is 5.93. The normalized spacial score (nSPS) is 10.5. The van der Waals surface area contributed by atoms with Crippen molar-refractivity contribution in [3.8, 4) is 0 Å². The van der Waals surface area contributed by atoms with Gasteiger partial charge in [-0.1, -0.05) is 6.07 Å². The molecule has 0 aliphatic heterocycles. The van der Waals surface area contributed by atoms with E-state index in [9.17, 15) is 8.78 Å². The Morgan fingerprint density at radius 3 is 2.45 bits per heavy atom. The highest BCUT2D eigenvalue weighted by Crippen LogP contribution is 2.25. The van der Waals surface area contributed by atoms with Crippen LogP contribution in [0.2, 0.25) is 0 Å². The molecule has 0 aromatic heterocycles. The standard InChI is InChI=1S/C7H6F2IN/c8-7(9)5-2-1-4(11)3-6(5)10/h1-3,7H,11H2. The Labute approximate surface area is 76.7 Å². The lowest BCUT2D eigenvalue weighted by Crippen LogP contribution is -1.91. The third-order valence-electron chi connectivity index (χ3n) is 1.26. The number of hydrogen-bond acceptors (Lipinski definition) is 1. The Kier molecular flexibility index (Phi) is 2.64. The Morgan fingerprint density at radius 2 is 2.00 bits per heavy atom. The van der Waals surface area contributed by atoms with Crippen LogP contribution in [0.1, 0.15) is 12.0 Å². The van der Waals surface area contributed by atoms with E-state index in [4.69, 9.17) is 5.73 Å². The fraction of sp³-hybridized carbons (Fsp3) is 0.143. The van der Waals surface area contributed by atoms with Crippen LogP contribution < -0.4 is 5.73 Å². The third-order valence-corrected chi connectivity index (χ3v) is 2.19. The monoisotopic (exact) mass is 269 g/mol. The van der Waals surface area contributed by atoms with E-state index in [0.29, 0.717) is 9.26 Å². The van der Waals surface area contributed by atoms with Crippen LogP contribution in [0.3, 0.4) is 0 Å². The fourth-order valence-corrected chi connectivity index (χ4v) is 1.50. The fourth-order valence-electron chi connectivity index (χ4n) is 0.720. The third kappa shape index (κ3) is 2.02. The van der Waals surface area contributed by atoms with Gasteiger partial charge in [-0.25, -0.2) is 8.78 Å². The summed E-state index contributed by atoms with van der Waals surface area (Å²) in [6, 6.07) is 4.35. The highest BCUT2D eigenvalue weighted by atomic mass is 127. The lowest BCUT2D eigenvalue weighted by Gasteiger charge is -2.02. The zero-order valence-electron chi connectivity index (χ0n) is 5.52. The number of alkyl halides is 2. The van der Waals surface area contributed by atoms with E-state index in [2.05, 4.69) is 0 Å². The molecule has 0 saturated carbocycles. The molecule has 0 bridgehead atoms. The minimum atomic E-state index is -2.41. The van der Waals surface area contributed by atoms with Crippen molar-refractivity contribution in [1.29, 1.82) is 0 Å². The van der Waals surface area contributed by atoms with Crippen molar-refractivity contribution in [1.82, 2.24) is 0 Å². The van der Waals surface area contributed by atoms with E-state index in [0.717, 1.165) is 0 Å². The highest BCUT2D eigenvalue weighted by molar-refractivity contribution is 14.1. The van der Waals surface area contributed by atoms with Crippen LogP contribution in [0.4, 0.5) is 14.5 Å². The predicted molar refractivity (Wildman–Crippen MR) is 48.5 cm³/mol. The van der Waals surface area contributed by atoms with Gasteiger partial charge in [0, 0.05) is 14.8 Å². The summed E-state index contributed by atoms with van der Waals surface area (Å²) in [5, 5.41) is 0. The summed E-state index contributed by atoms with van der Waals surface area (Å²) in [6.07, 6.45) is -2.41. The molecule has 1 aromatic rings. The molecule has 60 valence electrons. The van der Waals surface area contributed by atoms with E-state index in [1.807, 2.05) is 22.6 Å². The van der Waals surface area contributed by atoms with Crippen molar-refractivity contribution in [2.24, 2.45) is 0 Å². The minimum absolute atomic E-state index is 0.0415. The van der Waals surface area contributed by atoms with Gasteiger partial charge in [0.05, 0.1) is 0 Å².